The van der Waals surface area contributed by atoms with E-state index in [4.69, 9.17) is 4.74 Å². The standard InChI is InChI=1S/C16H22BrNO2/c1-2-20-16(13-6-4-3-5-7-13)15(19)9-12-8-14(17)11-18-10-12/h8,10-11,13,16H,2-7,9H2,1H3. The van der Waals surface area contributed by atoms with Gasteiger partial charge in [-0.2, -0.15) is 0 Å². The first-order valence-corrected chi connectivity index (χ1v) is 8.23. The Kier molecular flexibility index (Phi) is 6.17. The number of aromatic nitrogens is 1. The Morgan fingerprint density at radius 3 is 2.80 bits per heavy atom. The third-order valence-corrected chi connectivity index (χ3v) is 4.32. The second-order valence-corrected chi connectivity index (χ2v) is 6.34. The molecule has 1 aromatic rings. The van der Waals surface area contributed by atoms with E-state index < -0.39 is 0 Å². The molecular weight excluding hydrogens is 318 g/mol. The molecule has 1 aromatic heterocycles. The molecule has 0 saturated heterocycles. The topological polar surface area (TPSA) is 39.2 Å². The summed E-state index contributed by atoms with van der Waals surface area (Å²) in [5, 5.41) is 0. The molecule has 20 heavy (non-hydrogen) atoms. The molecule has 1 heterocycles. The Balaban J connectivity index is 2.02. The van der Waals surface area contributed by atoms with Gasteiger partial charge in [0.2, 0.25) is 0 Å². The van der Waals surface area contributed by atoms with E-state index >= 15 is 0 Å². The van der Waals surface area contributed by atoms with Crippen LogP contribution in [0.3, 0.4) is 0 Å². The molecular formula is C16H22BrNO2. The summed E-state index contributed by atoms with van der Waals surface area (Å²) in [6.45, 7) is 2.56. The van der Waals surface area contributed by atoms with Gasteiger partial charge in [0.15, 0.2) is 5.78 Å². The number of hydrogen-bond acceptors (Lipinski definition) is 3. The molecule has 1 fully saturated rings. The largest absolute Gasteiger partial charge is 0.370 e. The van der Waals surface area contributed by atoms with Crippen molar-refractivity contribution in [1.29, 1.82) is 0 Å². The van der Waals surface area contributed by atoms with Gasteiger partial charge in [-0.05, 0) is 53.2 Å². The molecule has 1 aliphatic rings. The molecule has 0 aliphatic heterocycles. The van der Waals surface area contributed by atoms with Crippen molar-refractivity contribution in [2.75, 3.05) is 6.61 Å². The zero-order chi connectivity index (χ0) is 14.4. The molecule has 0 spiro atoms. The second-order valence-electron chi connectivity index (χ2n) is 5.43. The van der Waals surface area contributed by atoms with Crippen LogP contribution in [0.2, 0.25) is 0 Å². The first-order valence-electron chi connectivity index (χ1n) is 7.44. The van der Waals surface area contributed by atoms with Gasteiger partial charge in [0.05, 0.1) is 0 Å². The van der Waals surface area contributed by atoms with Crippen molar-refractivity contribution < 1.29 is 9.53 Å². The van der Waals surface area contributed by atoms with Crippen LogP contribution in [0.4, 0.5) is 0 Å². The monoisotopic (exact) mass is 339 g/mol. The van der Waals surface area contributed by atoms with Crippen molar-refractivity contribution in [3.8, 4) is 0 Å². The number of ether oxygens (including phenoxy) is 1. The summed E-state index contributed by atoms with van der Waals surface area (Å²) in [6.07, 6.45) is 9.63. The molecule has 1 unspecified atom stereocenters. The molecule has 0 bridgehead atoms. The van der Waals surface area contributed by atoms with E-state index in [1.807, 2.05) is 13.0 Å². The third kappa shape index (κ3) is 4.38. The highest BCUT2D eigenvalue weighted by Crippen LogP contribution is 2.29. The van der Waals surface area contributed by atoms with E-state index in [0.717, 1.165) is 22.9 Å². The van der Waals surface area contributed by atoms with Crippen LogP contribution in [0.5, 0.6) is 0 Å². The molecule has 2 rings (SSSR count). The van der Waals surface area contributed by atoms with E-state index in [-0.39, 0.29) is 11.9 Å². The lowest BCUT2D eigenvalue weighted by atomic mass is 9.83. The highest BCUT2D eigenvalue weighted by molar-refractivity contribution is 9.10. The predicted octanol–water partition coefficient (Wildman–Crippen LogP) is 3.94. The Bertz CT molecular complexity index is 444. The van der Waals surface area contributed by atoms with Gasteiger partial charge in [-0.3, -0.25) is 9.78 Å². The number of halogens is 1. The van der Waals surface area contributed by atoms with Crippen LogP contribution in [0.1, 0.15) is 44.6 Å². The minimum atomic E-state index is -0.237. The fourth-order valence-corrected chi connectivity index (χ4v) is 3.37. The summed E-state index contributed by atoms with van der Waals surface area (Å²) < 4.78 is 6.67. The zero-order valence-electron chi connectivity index (χ0n) is 12.0. The number of carbonyl (C=O) groups excluding carboxylic acids is 1. The van der Waals surface area contributed by atoms with Crippen LogP contribution in [0.15, 0.2) is 22.9 Å². The second kappa shape index (κ2) is 7.89. The lowest BCUT2D eigenvalue weighted by molar-refractivity contribution is -0.134. The fraction of sp³-hybridized carbons (Fsp3) is 0.625. The number of carbonyl (C=O) groups is 1. The summed E-state index contributed by atoms with van der Waals surface area (Å²) in [7, 11) is 0. The van der Waals surface area contributed by atoms with Crippen molar-refractivity contribution in [3.63, 3.8) is 0 Å². The van der Waals surface area contributed by atoms with Crippen LogP contribution in [-0.2, 0) is 16.0 Å². The van der Waals surface area contributed by atoms with E-state index in [1.165, 1.54) is 19.3 Å². The van der Waals surface area contributed by atoms with E-state index in [9.17, 15) is 4.79 Å². The fourth-order valence-electron chi connectivity index (χ4n) is 2.96. The van der Waals surface area contributed by atoms with Crippen molar-refractivity contribution in [3.05, 3.63) is 28.5 Å². The summed E-state index contributed by atoms with van der Waals surface area (Å²) in [5.41, 5.74) is 0.949. The van der Waals surface area contributed by atoms with Crippen LogP contribution in [0, 0.1) is 5.92 Å². The Labute approximate surface area is 129 Å². The molecule has 0 radical (unpaired) electrons. The van der Waals surface area contributed by atoms with E-state index in [2.05, 4.69) is 20.9 Å². The zero-order valence-corrected chi connectivity index (χ0v) is 13.6. The van der Waals surface area contributed by atoms with Gasteiger partial charge in [0.25, 0.3) is 0 Å². The summed E-state index contributed by atoms with van der Waals surface area (Å²) >= 11 is 3.39. The van der Waals surface area contributed by atoms with E-state index in [1.54, 1.807) is 12.4 Å². The molecule has 3 nitrogen and oxygen atoms in total. The summed E-state index contributed by atoms with van der Waals surface area (Å²) in [5.74, 6) is 0.593. The maximum atomic E-state index is 12.5. The van der Waals surface area contributed by atoms with Gasteiger partial charge in [0, 0.05) is 29.9 Å². The predicted molar refractivity (Wildman–Crippen MR) is 82.6 cm³/mol. The summed E-state index contributed by atoms with van der Waals surface area (Å²) in [6, 6.07) is 1.95. The van der Waals surface area contributed by atoms with Gasteiger partial charge in [-0.25, -0.2) is 0 Å². The van der Waals surface area contributed by atoms with Crippen molar-refractivity contribution in [2.24, 2.45) is 5.92 Å². The third-order valence-electron chi connectivity index (χ3n) is 3.88. The SMILES string of the molecule is CCOC(C(=O)Cc1cncc(Br)c1)C1CCCCC1. The number of pyridine rings is 1. The molecule has 1 atom stereocenters. The molecule has 110 valence electrons. The summed E-state index contributed by atoms with van der Waals surface area (Å²) in [4.78, 5) is 16.7. The van der Waals surface area contributed by atoms with Crippen molar-refractivity contribution in [1.82, 2.24) is 4.98 Å². The molecule has 0 amide bonds. The Morgan fingerprint density at radius 1 is 1.40 bits per heavy atom. The molecule has 0 N–H and O–H groups in total. The quantitative estimate of drug-likeness (QED) is 0.787. The van der Waals surface area contributed by atoms with Crippen LogP contribution in [0.25, 0.3) is 0 Å². The minimum Gasteiger partial charge on any atom is -0.370 e. The lowest BCUT2D eigenvalue weighted by Crippen LogP contribution is -2.35. The van der Waals surface area contributed by atoms with Crippen molar-refractivity contribution in [2.45, 2.75) is 51.6 Å². The van der Waals surface area contributed by atoms with Gasteiger partial charge in [-0.1, -0.05) is 19.3 Å². The van der Waals surface area contributed by atoms with Crippen LogP contribution in [-0.4, -0.2) is 23.5 Å². The van der Waals surface area contributed by atoms with E-state index in [0.29, 0.717) is 18.9 Å². The van der Waals surface area contributed by atoms with Gasteiger partial charge in [-0.15, -0.1) is 0 Å². The minimum absolute atomic E-state index is 0.193. The average Bonchev–Trinajstić information content (AvgIpc) is 2.45. The van der Waals surface area contributed by atoms with Crippen LogP contribution >= 0.6 is 15.9 Å². The Morgan fingerprint density at radius 2 is 2.15 bits per heavy atom. The number of nitrogens with zero attached hydrogens (tertiary/aromatic N) is 1. The molecule has 1 aliphatic carbocycles. The van der Waals surface area contributed by atoms with Crippen molar-refractivity contribution >= 4 is 21.7 Å². The molecule has 0 aromatic carbocycles. The number of Topliss-reactive ketones (excluding diaryl/α,β-unsaturated/α-hetero) is 1. The maximum absolute atomic E-state index is 12.5. The number of rotatable bonds is 6. The molecule has 1 saturated carbocycles. The first kappa shape index (κ1) is 15.6. The first-order chi connectivity index (χ1) is 9.70. The van der Waals surface area contributed by atoms with Gasteiger partial charge < -0.3 is 4.74 Å². The highest BCUT2D eigenvalue weighted by atomic mass is 79.9. The smallest absolute Gasteiger partial charge is 0.166 e. The molecule has 4 heteroatoms. The lowest BCUT2D eigenvalue weighted by Gasteiger charge is -2.29. The number of hydrogen-bond donors (Lipinski definition) is 0. The normalized spacial score (nSPS) is 17.9. The Hall–Kier alpha value is -0.740. The van der Waals surface area contributed by atoms with Gasteiger partial charge in [0.1, 0.15) is 6.10 Å². The highest BCUT2D eigenvalue weighted by Gasteiger charge is 2.29. The van der Waals surface area contributed by atoms with Gasteiger partial charge >= 0.3 is 0 Å². The number of ketones is 1. The average molecular weight is 340 g/mol. The van der Waals surface area contributed by atoms with Crippen LogP contribution < -0.4 is 0 Å². The maximum Gasteiger partial charge on any atom is 0.166 e.